The smallest absolute Gasteiger partial charge is 0.0183 e. The van der Waals surface area contributed by atoms with Gasteiger partial charge in [-0.05, 0) is 11.5 Å². The highest BCUT2D eigenvalue weighted by molar-refractivity contribution is 9.09. The number of hydrogen-bond acceptors (Lipinski definition) is 0. The number of alkyl halides is 1. The molecular formula is C10H13Br. The first-order valence-electron chi connectivity index (χ1n) is 3.91. The van der Waals surface area contributed by atoms with E-state index in [-0.39, 0.29) is 0 Å². The quantitative estimate of drug-likeness (QED) is 0.658. The van der Waals surface area contributed by atoms with E-state index in [1.54, 1.807) is 0 Å². The fourth-order valence-electron chi connectivity index (χ4n) is 1.02. The summed E-state index contributed by atoms with van der Waals surface area (Å²) >= 11 is 3.58. The predicted octanol–water partition coefficient (Wildman–Crippen LogP) is 3.57. The van der Waals surface area contributed by atoms with E-state index < -0.39 is 0 Å². The summed E-state index contributed by atoms with van der Waals surface area (Å²) in [6.07, 6.45) is 0. The van der Waals surface area contributed by atoms with Crippen molar-refractivity contribution in [1.82, 2.24) is 0 Å². The molecule has 2 unspecified atom stereocenters. The number of hydrogen-bond donors (Lipinski definition) is 0. The van der Waals surface area contributed by atoms with Crippen LogP contribution in [0.3, 0.4) is 0 Å². The summed E-state index contributed by atoms with van der Waals surface area (Å²) in [6.45, 7) is 4.41. The molecule has 0 saturated heterocycles. The van der Waals surface area contributed by atoms with Crippen molar-refractivity contribution in [3.63, 3.8) is 0 Å². The minimum Gasteiger partial charge on any atom is -0.0887 e. The Bertz CT molecular complexity index is 203. The molecule has 2 atom stereocenters. The lowest BCUT2D eigenvalue weighted by molar-refractivity contribution is 0.761. The number of benzene rings is 1. The van der Waals surface area contributed by atoms with E-state index in [0.29, 0.717) is 10.7 Å². The largest absolute Gasteiger partial charge is 0.0887 e. The first-order chi connectivity index (χ1) is 5.22. The van der Waals surface area contributed by atoms with Crippen LogP contribution in [0.15, 0.2) is 30.3 Å². The summed E-state index contributed by atoms with van der Waals surface area (Å²) in [5, 5.41) is 0. The van der Waals surface area contributed by atoms with Crippen LogP contribution in [0.25, 0.3) is 0 Å². The van der Waals surface area contributed by atoms with Crippen molar-refractivity contribution >= 4 is 15.9 Å². The number of rotatable bonds is 2. The zero-order valence-electron chi connectivity index (χ0n) is 6.92. The molecule has 0 radical (unpaired) electrons. The lowest BCUT2D eigenvalue weighted by Crippen LogP contribution is -2.03. The highest BCUT2D eigenvalue weighted by atomic mass is 79.9. The highest BCUT2D eigenvalue weighted by Crippen LogP contribution is 2.23. The molecule has 0 aliphatic heterocycles. The maximum atomic E-state index is 3.58. The lowest BCUT2D eigenvalue weighted by Gasteiger charge is -2.13. The third-order valence-corrected chi connectivity index (χ3v) is 2.81. The molecule has 0 aromatic heterocycles. The van der Waals surface area contributed by atoms with E-state index in [4.69, 9.17) is 0 Å². The van der Waals surface area contributed by atoms with E-state index in [0.717, 1.165) is 0 Å². The molecule has 1 heteroatoms. The van der Waals surface area contributed by atoms with Gasteiger partial charge >= 0.3 is 0 Å². The first kappa shape index (κ1) is 8.79. The zero-order valence-corrected chi connectivity index (χ0v) is 8.51. The Morgan fingerprint density at radius 1 is 1.09 bits per heavy atom. The minimum absolute atomic E-state index is 0.546. The molecule has 1 aromatic rings. The number of halogens is 1. The molecule has 0 spiro atoms. The second-order valence-corrected chi connectivity index (χ2v) is 4.32. The second-order valence-electron chi connectivity index (χ2n) is 2.88. The van der Waals surface area contributed by atoms with Gasteiger partial charge in [0.1, 0.15) is 0 Å². The third kappa shape index (κ3) is 2.33. The summed E-state index contributed by atoms with van der Waals surface area (Å²) in [4.78, 5) is 0.546. The van der Waals surface area contributed by atoms with Gasteiger partial charge in [-0.15, -0.1) is 0 Å². The van der Waals surface area contributed by atoms with E-state index in [9.17, 15) is 0 Å². The van der Waals surface area contributed by atoms with Crippen molar-refractivity contribution in [1.29, 1.82) is 0 Å². The van der Waals surface area contributed by atoms with E-state index in [1.165, 1.54) is 5.56 Å². The molecule has 0 N–H and O–H groups in total. The normalized spacial score (nSPS) is 15.9. The molecule has 0 nitrogen and oxygen atoms in total. The Labute approximate surface area is 76.8 Å². The summed E-state index contributed by atoms with van der Waals surface area (Å²) < 4.78 is 0. The maximum Gasteiger partial charge on any atom is 0.0183 e. The van der Waals surface area contributed by atoms with Crippen LogP contribution in [-0.4, -0.2) is 4.83 Å². The van der Waals surface area contributed by atoms with Crippen LogP contribution in [0.1, 0.15) is 25.3 Å². The van der Waals surface area contributed by atoms with Gasteiger partial charge in [0, 0.05) is 4.83 Å². The van der Waals surface area contributed by atoms with Crippen LogP contribution in [0, 0.1) is 0 Å². The monoisotopic (exact) mass is 212 g/mol. The van der Waals surface area contributed by atoms with Crippen molar-refractivity contribution in [2.24, 2.45) is 0 Å². The SMILES string of the molecule is CC(Br)C(C)c1ccccc1. The summed E-state index contributed by atoms with van der Waals surface area (Å²) in [5.41, 5.74) is 1.40. The van der Waals surface area contributed by atoms with Crippen LogP contribution in [0.5, 0.6) is 0 Å². The second kappa shape index (κ2) is 3.91. The molecule has 11 heavy (non-hydrogen) atoms. The van der Waals surface area contributed by atoms with E-state index >= 15 is 0 Å². The predicted molar refractivity (Wildman–Crippen MR) is 53.2 cm³/mol. The standard InChI is InChI=1S/C10H13Br/c1-8(9(2)11)10-6-4-3-5-7-10/h3-9H,1-2H3. The third-order valence-electron chi connectivity index (χ3n) is 2.01. The van der Waals surface area contributed by atoms with Gasteiger partial charge in [0.05, 0.1) is 0 Å². The zero-order chi connectivity index (χ0) is 8.27. The Morgan fingerprint density at radius 3 is 2.09 bits per heavy atom. The van der Waals surface area contributed by atoms with E-state index in [1.807, 2.05) is 0 Å². The van der Waals surface area contributed by atoms with Gasteiger partial charge in [-0.3, -0.25) is 0 Å². The molecule has 0 bridgehead atoms. The summed E-state index contributed by atoms with van der Waals surface area (Å²) in [5.74, 6) is 0.594. The maximum absolute atomic E-state index is 3.58. The van der Waals surface area contributed by atoms with Crippen LogP contribution in [-0.2, 0) is 0 Å². The van der Waals surface area contributed by atoms with Crippen molar-refractivity contribution in [3.05, 3.63) is 35.9 Å². The van der Waals surface area contributed by atoms with Gasteiger partial charge in [-0.1, -0.05) is 60.1 Å². The van der Waals surface area contributed by atoms with Gasteiger partial charge < -0.3 is 0 Å². The molecule has 0 fully saturated rings. The van der Waals surface area contributed by atoms with Crippen molar-refractivity contribution < 1.29 is 0 Å². The molecule has 0 aliphatic carbocycles. The van der Waals surface area contributed by atoms with Crippen molar-refractivity contribution in [3.8, 4) is 0 Å². The minimum atomic E-state index is 0.546. The van der Waals surface area contributed by atoms with Crippen molar-refractivity contribution in [2.45, 2.75) is 24.6 Å². The molecule has 1 aromatic carbocycles. The van der Waals surface area contributed by atoms with Crippen LogP contribution >= 0.6 is 15.9 Å². The Hall–Kier alpha value is -0.300. The topological polar surface area (TPSA) is 0 Å². The van der Waals surface area contributed by atoms with Crippen LogP contribution < -0.4 is 0 Å². The van der Waals surface area contributed by atoms with Crippen LogP contribution in [0.4, 0.5) is 0 Å². The van der Waals surface area contributed by atoms with Gasteiger partial charge in [-0.2, -0.15) is 0 Å². The molecule has 0 aliphatic rings. The molecule has 1 rings (SSSR count). The molecule has 0 saturated carbocycles. The molecular weight excluding hydrogens is 200 g/mol. The average Bonchev–Trinajstić information content (AvgIpc) is 2.05. The van der Waals surface area contributed by atoms with Gasteiger partial charge in [0.25, 0.3) is 0 Å². The summed E-state index contributed by atoms with van der Waals surface area (Å²) in [6, 6.07) is 10.6. The van der Waals surface area contributed by atoms with Crippen molar-refractivity contribution in [2.75, 3.05) is 0 Å². The van der Waals surface area contributed by atoms with E-state index in [2.05, 4.69) is 60.1 Å². The fourth-order valence-corrected chi connectivity index (χ4v) is 1.33. The van der Waals surface area contributed by atoms with Crippen LogP contribution in [0.2, 0.25) is 0 Å². The highest BCUT2D eigenvalue weighted by Gasteiger charge is 2.09. The Balaban J connectivity index is 2.77. The Morgan fingerprint density at radius 2 is 1.64 bits per heavy atom. The summed E-state index contributed by atoms with van der Waals surface area (Å²) in [7, 11) is 0. The molecule has 0 heterocycles. The fraction of sp³-hybridized carbons (Fsp3) is 0.400. The Kier molecular flexibility index (Phi) is 3.13. The molecule has 60 valence electrons. The average molecular weight is 213 g/mol. The van der Waals surface area contributed by atoms with Gasteiger partial charge in [0.2, 0.25) is 0 Å². The van der Waals surface area contributed by atoms with Gasteiger partial charge in [-0.25, -0.2) is 0 Å². The van der Waals surface area contributed by atoms with Gasteiger partial charge in [0.15, 0.2) is 0 Å². The lowest BCUT2D eigenvalue weighted by atomic mass is 9.99. The first-order valence-corrected chi connectivity index (χ1v) is 4.82. The molecule has 0 amide bonds.